The van der Waals surface area contributed by atoms with Crippen molar-refractivity contribution in [2.75, 3.05) is 17.7 Å². The van der Waals surface area contributed by atoms with E-state index in [0.717, 1.165) is 28.6 Å². The fraction of sp³-hybridized carbons (Fsp3) is 0.320. The Hall–Kier alpha value is -3.81. The molecule has 0 unspecified atom stereocenters. The van der Waals surface area contributed by atoms with E-state index in [0.29, 0.717) is 29.7 Å². The first kappa shape index (κ1) is 22.4. The van der Waals surface area contributed by atoms with Crippen LogP contribution in [0, 0.1) is 0 Å². The molecule has 0 bridgehead atoms. The van der Waals surface area contributed by atoms with Crippen molar-refractivity contribution >= 4 is 45.2 Å². The summed E-state index contributed by atoms with van der Waals surface area (Å²) < 4.78 is 6.92. The number of nitrogens with zero attached hydrogens (tertiary/aromatic N) is 2. The number of hydrogen-bond donors (Lipinski definition) is 3. The molecule has 4 aromatic rings. The van der Waals surface area contributed by atoms with Crippen LogP contribution < -0.4 is 10.6 Å². The monoisotopic (exact) mass is 447 g/mol. The number of pyridine rings is 1. The zero-order valence-corrected chi connectivity index (χ0v) is 19.4. The Balaban J connectivity index is 1.82. The van der Waals surface area contributed by atoms with Gasteiger partial charge in [-0.3, -0.25) is 4.79 Å². The molecule has 0 aliphatic carbocycles. The highest BCUT2D eigenvalue weighted by Gasteiger charge is 2.26. The van der Waals surface area contributed by atoms with Gasteiger partial charge in [-0.15, -0.1) is 0 Å². The van der Waals surface area contributed by atoms with Crippen LogP contribution >= 0.6 is 0 Å². The second kappa shape index (κ2) is 9.36. The number of aromatic amines is 1. The third kappa shape index (κ3) is 4.41. The SMILES string of the molecule is CC[C@H](C)Nc1cnc2c(c1)c(NC(C)=O)c(C(=O)OC)n2CCc1c[nH]c2ccccc12. The second-order valence-corrected chi connectivity index (χ2v) is 8.21. The first-order valence-electron chi connectivity index (χ1n) is 11.1. The minimum absolute atomic E-state index is 0.262. The number of methoxy groups -OCH3 is 1. The standard InChI is InChI=1S/C25H29N5O3/c1-5-15(2)28-18-12-20-22(29-16(3)31)23(25(32)33-4)30(24(20)27-14-18)11-10-17-13-26-21-9-7-6-8-19(17)21/h6-9,12-15,26,28H,5,10-11H2,1-4H3,(H,29,31)/t15-/m0/s1. The van der Waals surface area contributed by atoms with Crippen LogP contribution in [0.25, 0.3) is 21.9 Å². The highest BCUT2D eigenvalue weighted by Crippen LogP contribution is 2.33. The molecule has 1 amide bonds. The second-order valence-electron chi connectivity index (χ2n) is 8.21. The molecule has 3 N–H and O–H groups in total. The highest BCUT2D eigenvalue weighted by molar-refractivity contribution is 6.11. The molecule has 0 aliphatic heterocycles. The van der Waals surface area contributed by atoms with Gasteiger partial charge in [-0.25, -0.2) is 9.78 Å². The van der Waals surface area contributed by atoms with Crippen molar-refractivity contribution < 1.29 is 14.3 Å². The van der Waals surface area contributed by atoms with Gasteiger partial charge in [-0.1, -0.05) is 25.1 Å². The molecule has 3 aromatic heterocycles. The number of aromatic nitrogens is 3. The van der Waals surface area contributed by atoms with E-state index >= 15 is 0 Å². The lowest BCUT2D eigenvalue weighted by Crippen LogP contribution is -2.16. The molecule has 3 heterocycles. The third-order valence-corrected chi connectivity index (χ3v) is 5.88. The molecular weight excluding hydrogens is 418 g/mol. The largest absolute Gasteiger partial charge is 0.464 e. The van der Waals surface area contributed by atoms with Crippen LogP contribution in [0.4, 0.5) is 11.4 Å². The van der Waals surface area contributed by atoms with Crippen LogP contribution in [0.15, 0.2) is 42.7 Å². The predicted octanol–water partition coefficient (Wildman–Crippen LogP) is 4.72. The smallest absolute Gasteiger partial charge is 0.356 e. The van der Waals surface area contributed by atoms with Gasteiger partial charge in [0.05, 0.1) is 24.7 Å². The molecule has 172 valence electrons. The molecule has 1 aromatic carbocycles. The Bertz CT molecular complexity index is 1320. The van der Waals surface area contributed by atoms with Gasteiger partial charge in [0.2, 0.25) is 5.91 Å². The maximum Gasteiger partial charge on any atom is 0.356 e. The number of esters is 1. The minimum Gasteiger partial charge on any atom is -0.464 e. The van der Waals surface area contributed by atoms with Crippen molar-refractivity contribution in [1.29, 1.82) is 0 Å². The zero-order valence-electron chi connectivity index (χ0n) is 19.4. The van der Waals surface area contributed by atoms with Crippen LogP contribution in [0.2, 0.25) is 0 Å². The van der Waals surface area contributed by atoms with Crippen molar-refractivity contribution in [2.45, 2.75) is 46.2 Å². The summed E-state index contributed by atoms with van der Waals surface area (Å²) >= 11 is 0. The summed E-state index contributed by atoms with van der Waals surface area (Å²) in [7, 11) is 1.34. The third-order valence-electron chi connectivity index (χ3n) is 5.88. The maximum atomic E-state index is 12.8. The number of hydrogen-bond acceptors (Lipinski definition) is 5. The maximum absolute atomic E-state index is 12.8. The van der Waals surface area contributed by atoms with Gasteiger partial charge in [-0.05, 0) is 37.5 Å². The summed E-state index contributed by atoms with van der Waals surface area (Å²) in [5, 5.41) is 8.08. The van der Waals surface area contributed by atoms with Crippen LogP contribution in [0.5, 0.6) is 0 Å². The highest BCUT2D eigenvalue weighted by atomic mass is 16.5. The summed E-state index contributed by atoms with van der Waals surface area (Å²) in [4.78, 5) is 32.8. The Morgan fingerprint density at radius 3 is 2.76 bits per heavy atom. The Kier molecular flexibility index (Phi) is 6.35. The normalized spacial score (nSPS) is 12.1. The van der Waals surface area contributed by atoms with Crippen LogP contribution in [-0.4, -0.2) is 39.6 Å². The van der Waals surface area contributed by atoms with E-state index in [9.17, 15) is 9.59 Å². The van der Waals surface area contributed by atoms with Gasteiger partial charge in [0.25, 0.3) is 0 Å². The molecule has 33 heavy (non-hydrogen) atoms. The van der Waals surface area contributed by atoms with Crippen molar-refractivity contribution in [3.8, 4) is 0 Å². The zero-order chi connectivity index (χ0) is 23.5. The van der Waals surface area contributed by atoms with Gasteiger partial charge < -0.3 is 24.9 Å². The number of aryl methyl sites for hydroxylation is 2. The van der Waals surface area contributed by atoms with Gasteiger partial charge in [0, 0.05) is 42.0 Å². The fourth-order valence-electron chi connectivity index (χ4n) is 4.09. The predicted molar refractivity (Wildman–Crippen MR) is 131 cm³/mol. The molecule has 8 heteroatoms. The Morgan fingerprint density at radius 2 is 2.03 bits per heavy atom. The summed E-state index contributed by atoms with van der Waals surface area (Å²) in [5.74, 6) is -0.789. The first-order chi connectivity index (χ1) is 15.9. The van der Waals surface area contributed by atoms with Crippen LogP contribution in [0.1, 0.15) is 43.2 Å². The topological polar surface area (TPSA) is 101 Å². The van der Waals surface area contributed by atoms with Gasteiger partial charge in [0.15, 0.2) is 5.69 Å². The Labute approximate surface area is 192 Å². The average Bonchev–Trinajstić information content (AvgIpc) is 3.35. The number of ether oxygens (including phenoxy) is 1. The van der Waals surface area contributed by atoms with Gasteiger partial charge in [-0.2, -0.15) is 0 Å². The number of carbonyl (C=O) groups is 2. The van der Waals surface area contributed by atoms with Crippen LogP contribution in [-0.2, 0) is 22.5 Å². The molecule has 1 atom stereocenters. The number of rotatable bonds is 8. The lowest BCUT2D eigenvalue weighted by atomic mass is 10.1. The number of amides is 1. The van der Waals surface area contributed by atoms with E-state index < -0.39 is 5.97 Å². The number of nitrogens with one attached hydrogen (secondary N) is 3. The molecule has 8 nitrogen and oxygen atoms in total. The van der Waals surface area contributed by atoms with E-state index in [1.165, 1.54) is 14.0 Å². The number of anilines is 2. The quantitative estimate of drug-likeness (QED) is 0.340. The summed E-state index contributed by atoms with van der Waals surface area (Å²) in [6, 6.07) is 10.3. The van der Waals surface area contributed by atoms with E-state index in [1.807, 2.05) is 35.0 Å². The summed E-state index contributed by atoms with van der Waals surface area (Å²) in [6.45, 7) is 6.10. The molecule has 0 spiro atoms. The molecule has 0 saturated heterocycles. The van der Waals surface area contributed by atoms with Crippen molar-refractivity contribution in [2.24, 2.45) is 0 Å². The first-order valence-corrected chi connectivity index (χ1v) is 11.1. The number of carbonyl (C=O) groups excluding carboxylic acids is 2. The van der Waals surface area contributed by atoms with Crippen LogP contribution in [0.3, 0.4) is 0 Å². The van der Waals surface area contributed by atoms with Gasteiger partial charge >= 0.3 is 5.97 Å². The summed E-state index contributed by atoms with van der Waals surface area (Å²) in [6.07, 6.45) is 5.38. The fourth-order valence-corrected chi connectivity index (χ4v) is 4.09. The van der Waals surface area contributed by atoms with E-state index in [4.69, 9.17) is 4.74 Å². The molecule has 0 radical (unpaired) electrons. The number of benzene rings is 1. The molecular formula is C25H29N5O3. The molecule has 0 saturated carbocycles. The van der Waals surface area contributed by atoms with E-state index in [-0.39, 0.29) is 17.6 Å². The summed E-state index contributed by atoms with van der Waals surface area (Å²) in [5.41, 5.74) is 4.36. The van der Waals surface area contributed by atoms with Crippen molar-refractivity contribution in [3.63, 3.8) is 0 Å². The van der Waals surface area contributed by atoms with Gasteiger partial charge in [0.1, 0.15) is 5.65 Å². The number of fused-ring (bicyclic) bond motifs is 2. The molecule has 0 fully saturated rings. The van der Waals surface area contributed by atoms with Crippen molar-refractivity contribution in [3.05, 3.63) is 54.0 Å². The lowest BCUT2D eigenvalue weighted by Gasteiger charge is -2.13. The average molecular weight is 448 g/mol. The van der Waals surface area contributed by atoms with E-state index in [1.54, 1.807) is 6.20 Å². The molecule has 4 rings (SSSR count). The minimum atomic E-state index is -0.521. The van der Waals surface area contributed by atoms with E-state index in [2.05, 4.69) is 40.5 Å². The van der Waals surface area contributed by atoms with Crippen molar-refractivity contribution in [1.82, 2.24) is 14.5 Å². The number of para-hydroxylation sites is 1. The molecule has 0 aliphatic rings. The Morgan fingerprint density at radius 1 is 1.24 bits per heavy atom. The number of H-pyrrole nitrogens is 1. The lowest BCUT2D eigenvalue weighted by molar-refractivity contribution is -0.114.